The van der Waals surface area contributed by atoms with Crippen molar-refractivity contribution >= 4 is 32.6 Å². The number of thiazole rings is 1. The van der Waals surface area contributed by atoms with Crippen LogP contribution >= 0.6 is 11.3 Å². The fourth-order valence-corrected chi connectivity index (χ4v) is 3.13. The number of carbonyl (C=O) groups excluding carboxylic acids is 1. The van der Waals surface area contributed by atoms with Crippen LogP contribution in [-0.4, -0.2) is 50.1 Å². The number of hydrogen-bond acceptors (Lipinski definition) is 5. The van der Waals surface area contributed by atoms with Gasteiger partial charge in [0.2, 0.25) is 5.91 Å². The van der Waals surface area contributed by atoms with E-state index in [1.54, 1.807) is 18.9 Å². The van der Waals surface area contributed by atoms with Gasteiger partial charge >= 0.3 is 0 Å². The maximum Gasteiger partial charge on any atom is 0.225 e. The SMILES string of the molecule is COc1ccc2nc(N(CCCN(C)C)C(C)=O)sc2c1. The molecule has 0 fully saturated rings. The molecule has 1 aromatic heterocycles. The smallest absolute Gasteiger partial charge is 0.225 e. The molecule has 0 spiro atoms. The van der Waals surface area contributed by atoms with Crippen LogP contribution in [0.1, 0.15) is 13.3 Å². The van der Waals surface area contributed by atoms with Gasteiger partial charge in [-0.1, -0.05) is 11.3 Å². The van der Waals surface area contributed by atoms with Crippen LogP contribution in [-0.2, 0) is 4.79 Å². The second-order valence-corrected chi connectivity index (χ2v) is 6.17. The molecule has 1 amide bonds. The van der Waals surface area contributed by atoms with Crippen LogP contribution in [0.25, 0.3) is 10.2 Å². The van der Waals surface area contributed by atoms with Crippen molar-refractivity contribution in [3.8, 4) is 5.75 Å². The van der Waals surface area contributed by atoms with Crippen molar-refractivity contribution < 1.29 is 9.53 Å². The molecular weight excluding hydrogens is 286 g/mol. The van der Waals surface area contributed by atoms with Gasteiger partial charge in [-0.05, 0) is 45.3 Å². The highest BCUT2D eigenvalue weighted by molar-refractivity contribution is 7.22. The number of carbonyl (C=O) groups is 1. The van der Waals surface area contributed by atoms with Gasteiger partial charge < -0.3 is 9.64 Å². The van der Waals surface area contributed by atoms with Crippen molar-refractivity contribution in [2.45, 2.75) is 13.3 Å². The molecule has 1 aromatic carbocycles. The zero-order chi connectivity index (χ0) is 15.4. The van der Waals surface area contributed by atoms with E-state index in [4.69, 9.17) is 4.74 Å². The van der Waals surface area contributed by atoms with Crippen molar-refractivity contribution in [1.29, 1.82) is 0 Å². The lowest BCUT2D eigenvalue weighted by Crippen LogP contribution is -2.31. The summed E-state index contributed by atoms with van der Waals surface area (Å²) in [6, 6.07) is 5.76. The summed E-state index contributed by atoms with van der Waals surface area (Å²) in [5, 5.41) is 0.754. The number of ether oxygens (including phenoxy) is 1. The van der Waals surface area contributed by atoms with E-state index in [0.717, 1.165) is 34.1 Å². The number of aromatic nitrogens is 1. The fraction of sp³-hybridized carbons (Fsp3) is 0.467. The van der Waals surface area contributed by atoms with Gasteiger partial charge in [0.1, 0.15) is 5.75 Å². The first kappa shape index (κ1) is 15.7. The summed E-state index contributed by atoms with van der Waals surface area (Å²) in [5.74, 6) is 0.833. The first-order valence-corrected chi connectivity index (χ1v) is 7.70. The summed E-state index contributed by atoms with van der Waals surface area (Å²) in [6.07, 6.45) is 0.922. The Morgan fingerprint density at radius 2 is 2.10 bits per heavy atom. The Morgan fingerprint density at radius 3 is 2.71 bits per heavy atom. The molecule has 114 valence electrons. The van der Waals surface area contributed by atoms with Crippen molar-refractivity contribution in [3.63, 3.8) is 0 Å². The average Bonchev–Trinajstić information content (AvgIpc) is 2.84. The topological polar surface area (TPSA) is 45.7 Å². The molecule has 0 aliphatic heterocycles. The third-order valence-electron chi connectivity index (χ3n) is 3.18. The molecule has 0 aliphatic rings. The third-order valence-corrected chi connectivity index (χ3v) is 4.22. The highest BCUT2D eigenvalue weighted by Gasteiger charge is 2.16. The quantitative estimate of drug-likeness (QED) is 0.823. The zero-order valence-electron chi connectivity index (χ0n) is 12.9. The fourth-order valence-electron chi connectivity index (χ4n) is 2.07. The van der Waals surface area contributed by atoms with Gasteiger partial charge in [-0.2, -0.15) is 0 Å². The predicted molar refractivity (Wildman–Crippen MR) is 87.4 cm³/mol. The van der Waals surface area contributed by atoms with Crippen LogP contribution < -0.4 is 9.64 Å². The number of amides is 1. The van der Waals surface area contributed by atoms with Crippen LogP contribution in [0.4, 0.5) is 5.13 Å². The largest absolute Gasteiger partial charge is 0.497 e. The molecule has 6 heteroatoms. The molecule has 1 heterocycles. The van der Waals surface area contributed by atoms with Crippen molar-refractivity contribution in [1.82, 2.24) is 9.88 Å². The van der Waals surface area contributed by atoms with E-state index >= 15 is 0 Å². The zero-order valence-corrected chi connectivity index (χ0v) is 13.7. The molecule has 0 N–H and O–H groups in total. The summed E-state index contributed by atoms with van der Waals surface area (Å²) in [6.45, 7) is 3.22. The molecule has 0 saturated heterocycles. The van der Waals surface area contributed by atoms with Gasteiger partial charge in [0.15, 0.2) is 5.13 Å². The van der Waals surface area contributed by atoms with Gasteiger partial charge in [0.05, 0.1) is 17.3 Å². The van der Waals surface area contributed by atoms with Crippen LogP contribution in [0.5, 0.6) is 5.75 Å². The molecule has 5 nitrogen and oxygen atoms in total. The van der Waals surface area contributed by atoms with E-state index in [-0.39, 0.29) is 5.91 Å². The highest BCUT2D eigenvalue weighted by atomic mass is 32.1. The lowest BCUT2D eigenvalue weighted by Gasteiger charge is -2.19. The number of hydrogen-bond donors (Lipinski definition) is 0. The average molecular weight is 307 g/mol. The summed E-state index contributed by atoms with van der Waals surface area (Å²) in [7, 11) is 5.70. The Morgan fingerprint density at radius 1 is 1.33 bits per heavy atom. The molecule has 0 radical (unpaired) electrons. The lowest BCUT2D eigenvalue weighted by molar-refractivity contribution is -0.116. The molecule has 2 rings (SSSR count). The Bertz CT molecular complexity index is 624. The molecule has 2 aromatic rings. The minimum absolute atomic E-state index is 0.0276. The van der Waals surface area contributed by atoms with Crippen LogP contribution in [0, 0.1) is 0 Å². The van der Waals surface area contributed by atoms with Crippen molar-refractivity contribution in [2.75, 3.05) is 39.2 Å². The normalized spacial score (nSPS) is 11.1. The first-order chi connectivity index (χ1) is 10.0. The minimum Gasteiger partial charge on any atom is -0.497 e. The molecular formula is C15H21N3O2S. The molecule has 21 heavy (non-hydrogen) atoms. The van der Waals surface area contributed by atoms with E-state index in [0.29, 0.717) is 6.54 Å². The molecule has 0 aliphatic carbocycles. The Labute approximate surface area is 129 Å². The summed E-state index contributed by atoms with van der Waals surface area (Å²) in [5.41, 5.74) is 0.898. The van der Waals surface area contributed by atoms with Crippen molar-refractivity contribution in [2.24, 2.45) is 0 Å². The number of fused-ring (bicyclic) bond motifs is 1. The Kier molecular flexibility index (Phi) is 5.14. The number of methoxy groups -OCH3 is 1. The number of anilines is 1. The molecule has 0 atom stereocenters. The second-order valence-electron chi connectivity index (χ2n) is 5.16. The summed E-state index contributed by atoms with van der Waals surface area (Å²) in [4.78, 5) is 20.3. The predicted octanol–water partition coefficient (Wildman–Crippen LogP) is 2.61. The molecule has 0 saturated carbocycles. The number of nitrogens with zero attached hydrogens (tertiary/aromatic N) is 3. The summed E-state index contributed by atoms with van der Waals surface area (Å²) >= 11 is 1.52. The van der Waals surface area contributed by atoms with Gasteiger partial charge in [0, 0.05) is 13.5 Å². The Balaban J connectivity index is 2.21. The van der Waals surface area contributed by atoms with Gasteiger partial charge in [0.25, 0.3) is 0 Å². The van der Waals surface area contributed by atoms with E-state index in [9.17, 15) is 4.79 Å². The van der Waals surface area contributed by atoms with E-state index in [1.807, 2.05) is 32.3 Å². The highest BCUT2D eigenvalue weighted by Crippen LogP contribution is 2.31. The maximum absolute atomic E-state index is 11.9. The lowest BCUT2D eigenvalue weighted by atomic mass is 10.3. The molecule has 0 bridgehead atoms. The van der Waals surface area contributed by atoms with Crippen molar-refractivity contribution in [3.05, 3.63) is 18.2 Å². The standard InChI is InChI=1S/C15H21N3O2S/c1-11(19)18(9-5-8-17(2)3)15-16-13-7-6-12(20-4)10-14(13)21-15/h6-7,10H,5,8-9H2,1-4H3. The second kappa shape index (κ2) is 6.87. The van der Waals surface area contributed by atoms with Crippen LogP contribution in [0.15, 0.2) is 18.2 Å². The third kappa shape index (κ3) is 3.92. The van der Waals surface area contributed by atoms with Gasteiger partial charge in [-0.25, -0.2) is 4.98 Å². The Hall–Kier alpha value is -1.66. The van der Waals surface area contributed by atoms with Gasteiger partial charge in [-0.15, -0.1) is 0 Å². The van der Waals surface area contributed by atoms with Crippen LogP contribution in [0.2, 0.25) is 0 Å². The first-order valence-electron chi connectivity index (χ1n) is 6.88. The van der Waals surface area contributed by atoms with Crippen LogP contribution in [0.3, 0.4) is 0 Å². The number of benzene rings is 1. The summed E-state index contributed by atoms with van der Waals surface area (Å²) < 4.78 is 6.25. The molecule has 0 unspecified atom stereocenters. The number of rotatable bonds is 6. The van der Waals surface area contributed by atoms with E-state index in [2.05, 4.69) is 9.88 Å². The van der Waals surface area contributed by atoms with E-state index in [1.165, 1.54) is 11.3 Å². The maximum atomic E-state index is 11.9. The monoisotopic (exact) mass is 307 g/mol. The van der Waals surface area contributed by atoms with E-state index < -0.39 is 0 Å². The van der Waals surface area contributed by atoms with Gasteiger partial charge in [-0.3, -0.25) is 9.69 Å². The minimum atomic E-state index is 0.0276.